The average molecular weight is 486 g/mol. The van der Waals surface area contributed by atoms with Crippen LogP contribution in [0, 0.1) is 0 Å². The van der Waals surface area contributed by atoms with Crippen molar-refractivity contribution in [3.8, 4) is 5.75 Å². The van der Waals surface area contributed by atoms with Gasteiger partial charge >= 0.3 is 0 Å². The molecule has 34 heavy (non-hydrogen) atoms. The van der Waals surface area contributed by atoms with Crippen LogP contribution < -0.4 is 15.4 Å². The van der Waals surface area contributed by atoms with Gasteiger partial charge in [0.05, 0.1) is 12.6 Å². The molecule has 2 aromatic carbocycles. The number of methoxy groups -OCH3 is 1. The fourth-order valence-corrected chi connectivity index (χ4v) is 5.23. The summed E-state index contributed by atoms with van der Waals surface area (Å²) < 4.78 is 34.2. The normalized spacial score (nSPS) is 21.2. The van der Waals surface area contributed by atoms with E-state index in [1.165, 1.54) is 0 Å². The first-order chi connectivity index (χ1) is 16.3. The summed E-state index contributed by atoms with van der Waals surface area (Å²) in [5.74, 6) is -2.36. The second-order valence-electron chi connectivity index (χ2n) is 9.09. The number of hydrogen-bond acceptors (Lipinski definition) is 4. The Labute approximate surface area is 201 Å². The van der Waals surface area contributed by atoms with Gasteiger partial charge < -0.3 is 15.4 Å². The second-order valence-corrected chi connectivity index (χ2v) is 9.52. The summed E-state index contributed by atoms with van der Waals surface area (Å²) in [6.45, 7) is 0. The van der Waals surface area contributed by atoms with Crippen molar-refractivity contribution in [2.75, 3.05) is 12.4 Å². The van der Waals surface area contributed by atoms with Crippen molar-refractivity contribution >= 4 is 34.1 Å². The number of pyridine rings is 1. The first-order valence-corrected chi connectivity index (χ1v) is 11.9. The van der Waals surface area contributed by atoms with Crippen LogP contribution in [0.3, 0.4) is 0 Å². The molecule has 0 saturated heterocycles. The van der Waals surface area contributed by atoms with Gasteiger partial charge in [0.25, 0.3) is 11.8 Å². The van der Waals surface area contributed by atoms with Crippen molar-refractivity contribution in [2.24, 2.45) is 0 Å². The van der Waals surface area contributed by atoms with E-state index >= 15 is 0 Å². The first-order valence-electron chi connectivity index (χ1n) is 11.6. The Balaban J connectivity index is 1.37. The van der Waals surface area contributed by atoms with E-state index < -0.39 is 5.92 Å². The van der Waals surface area contributed by atoms with Gasteiger partial charge in [-0.15, -0.1) is 0 Å². The van der Waals surface area contributed by atoms with Crippen LogP contribution in [0.15, 0.2) is 42.5 Å². The van der Waals surface area contributed by atoms with E-state index in [0.29, 0.717) is 39.5 Å². The zero-order valence-corrected chi connectivity index (χ0v) is 19.6. The summed E-state index contributed by atoms with van der Waals surface area (Å²) in [6, 6.07) is 12.2. The molecule has 0 unspecified atom stereocenters. The minimum atomic E-state index is -2.93. The molecule has 0 spiro atoms. The van der Waals surface area contributed by atoms with Crippen molar-refractivity contribution < 1.29 is 18.3 Å². The number of fused-ring (bicyclic) bond motifs is 2. The highest BCUT2D eigenvalue weighted by Gasteiger charge is 2.43. The molecule has 1 saturated carbocycles. The van der Waals surface area contributed by atoms with Crippen LogP contribution in [0.2, 0.25) is 5.02 Å². The summed E-state index contributed by atoms with van der Waals surface area (Å²) in [6.07, 6.45) is 3.43. The van der Waals surface area contributed by atoms with E-state index in [-0.39, 0.29) is 36.5 Å². The Morgan fingerprint density at radius 1 is 1.15 bits per heavy atom. The van der Waals surface area contributed by atoms with Gasteiger partial charge in [-0.1, -0.05) is 11.6 Å². The Morgan fingerprint density at radius 3 is 2.68 bits per heavy atom. The number of aromatic nitrogens is 1. The zero-order valence-electron chi connectivity index (χ0n) is 18.8. The lowest BCUT2D eigenvalue weighted by molar-refractivity contribution is -0.00567. The minimum absolute atomic E-state index is 0.00738. The van der Waals surface area contributed by atoms with Gasteiger partial charge in [0.15, 0.2) is 0 Å². The number of carbonyl (C=O) groups is 1. The van der Waals surface area contributed by atoms with E-state index in [0.717, 1.165) is 24.6 Å². The van der Waals surface area contributed by atoms with Crippen LogP contribution in [0.4, 0.5) is 14.5 Å². The van der Waals surface area contributed by atoms with Crippen molar-refractivity contribution in [1.82, 2.24) is 10.3 Å². The van der Waals surface area contributed by atoms with E-state index in [9.17, 15) is 13.6 Å². The molecule has 8 heteroatoms. The number of nitrogens with zero attached hydrogens (tertiary/aromatic N) is 1. The van der Waals surface area contributed by atoms with Gasteiger partial charge in [-0.25, -0.2) is 4.98 Å². The summed E-state index contributed by atoms with van der Waals surface area (Å²) in [7, 11) is 1.58. The zero-order chi connectivity index (χ0) is 23.9. The van der Waals surface area contributed by atoms with Gasteiger partial charge in [0.2, 0.25) is 0 Å². The third kappa shape index (κ3) is 4.41. The molecular formula is C26H26ClF2N3O2. The van der Waals surface area contributed by atoms with Crippen LogP contribution in [-0.4, -0.2) is 30.1 Å². The largest absolute Gasteiger partial charge is 0.497 e. The van der Waals surface area contributed by atoms with Crippen molar-refractivity contribution in [1.29, 1.82) is 0 Å². The molecule has 0 radical (unpaired) electrons. The maximum absolute atomic E-state index is 14.5. The highest BCUT2D eigenvalue weighted by atomic mass is 35.5. The van der Waals surface area contributed by atoms with E-state index in [2.05, 4.69) is 15.6 Å². The number of halogens is 3. The van der Waals surface area contributed by atoms with Crippen LogP contribution in [0.1, 0.15) is 53.7 Å². The fraction of sp³-hybridized carbons (Fsp3) is 0.385. The molecule has 1 aromatic heterocycles. The quantitative estimate of drug-likeness (QED) is 0.459. The van der Waals surface area contributed by atoms with Gasteiger partial charge in [0.1, 0.15) is 11.4 Å². The standard InChI is InChI=1S/C26H26ClF2N3O2/c1-34-19-8-5-15(6-9-19)25(33)31-18-4-2-3-17(14-18)30-23-20-11-12-26(28,29)24(20)32-22-10-7-16(27)13-21(22)23/h5-10,13,17-18H,2-4,11-12,14H2,1H3,(H,30,32)(H,31,33)/t17-,18+/m0/s1. The van der Waals surface area contributed by atoms with Crippen LogP contribution in [0.5, 0.6) is 5.75 Å². The van der Waals surface area contributed by atoms with Gasteiger partial charge in [0, 0.05) is 45.7 Å². The molecule has 5 rings (SSSR count). The number of carbonyl (C=O) groups excluding carboxylic acids is 1. The highest BCUT2D eigenvalue weighted by Crippen LogP contribution is 2.46. The average Bonchev–Trinajstić information content (AvgIpc) is 3.13. The number of rotatable bonds is 5. The lowest BCUT2D eigenvalue weighted by Gasteiger charge is -2.32. The minimum Gasteiger partial charge on any atom is -0.497 e. The topological polar surface area (TPSA) is 63.2 Å². The molecule has 178 valence electrons. The van der Waals surface area contributed by atoms with Crippen LogP contribution in [-0.2, 0) is 12.3 Å². The molecule has 2 aliphatic carbocycles. The Bertz CT molecular complexity index is 1230. The van der Waals surface area contributed by atoms with E-state index in [1.54, 1.807) is 49.6 Å². The molecule has 2 N–H and O–H groups in total. The fourth-order valence-electron chi connectivity index (χ4n) is 5.05. The van der Waals surface area contributed by atoms with Gasteiger partial charge in [-0.05, 0) is 74.6 Å². The number of hydrogen-bond donors (Lipinski definition) is 2. The third-order valence-electron chi connectivity index (χ3n) is 6.79. The Morgan fingerprint density at radius 2 is 1.91 bits per heavy atom. The van der Waals surface area contributed by atoms with Crippen molar-refractivity contribution in [3.63, 3.8) is 0 Å². The molecule has 2 aliphatic rings. The number of nitrogens with one attached hydrogen (secondary N) is 2. The predicted octanol–water partition coefficient (Wildman–Crippen LogP) is 6.09. The molecule has 1 fully saturated rings. The Kier molecular flexibility index (Phi) is 6.06. The second kappa shape index (κ2) is 9.02. The maximum Gasteiger partial charge on any atom is 0.290 e. The lowest BCUT2D eigenvalue weighted by Crippen LogP contribution is -2.42. The van der Waals surface area contributed by atoms with E-state index in [1.807, 2.05) is 0 Å². The summed E-state index contributed by atoms with van der Waals surface area (Å²) in [4.78, 5) is 17.0. The lowest BCUT2D eigenvalue weighted by atomic mass is 9.90. The molecular weight excluding hydrogens is 460 g/mol. The first kappa shape index (κ1) is 22.8. The predicted molar refractivity (Wildman–Crippen MR) is 129 cm³/mol. The van der Waals surface area contributed by atoms with Crippen molar-refractivity contribution in [2.45, 2.75) is 56.5 Å². The third-order valence-corrected chi connectivity index (χ3v) is 7.03. The maximum atomic E-state index is 14.5. The molecule has 2 atom stereocenters. The molecule has 0 aliphatic heterocycles. The number of anilines is 1. The number of ether oxygens (including phenoxy) is 1. The molecule has 3 aromatic rings. The van der Waals surface area contributed by atoms with E-state index in [4.69, 9.17) is 16.3 Å². The smallest absolute Gasteiger partial charge is 0.290 e. The molecule has 1 amide bonds. The summed E-state index contributed by atoms with van der Waals surface area (Å²) in [5, 5.41) is 7.97. The summed E-state index contributed by atoms with van der Waals surface area (Å²) >= 11 is 6.24. The SMILES string of the molecule is COc1ccc(C(=O)N[C@@H]2CCC[C@H](Nc3c4c(nc5ccc(Cl)cc35)C(F)(F)CC4)C2)cc1. The number of amides is 1. The Hall–Kier alpha value is -2.93. The van der Waals surface area contributed by atoms with Gasteiger partial charge in [-0.2, -0.15) is 8.78 Å². The van der Waals surface area contributed by atoms with Gasteiger partial charge in [-0.3, -0.25) is 4.79 Å². The monoisotopic (exact) mass is 485 g/mol. The summed E-state index contributed by atoms with van der Waals surface area (Å²) in [5.41, 5.74) is 2.22. The molecule has 0 bridgehead atoms. The number of benzene rings is 2. The van der Waals surface area contributed by atoms with Crippen LogP contribution in [0.25, 0.3) is 10.9 Å². The van der Waals surface area contributed by atoms with Crippen LogP contribution >= 0.6 is 11.6 Å². The van der Waals surface area contributed by atoms with Crippen molar-refractivity contribution in [3.05, 3.63) is 64.3 Å². The molecule has 1 heterocycles. The number of alkyl halides is 2. The molecule has 5 nitrogen and oxygen atoms in total. The highest BCUT2D eigenvalue weighted by molar-refractivity contribution is 6.31.